The van der Waals surface area contributed by atoms with E-state index in [1.165, 1.54) is 9.80 Å². The standard InChI is InChI=1S/C29H27N3O6/c1-18-8-4-5-9-19(18)15-32(25(33)16-31-22-11-7-6-10-21(22)26(34)27(31)35)29(2,3)28(36)30-20-12-13-23-24(14-20)38-17-37-23/h4-14H,15-17H2,1-3H3,(H,30,36). The van der Waals surface area contributed by atoms with E-state index in [2.05, 4.69) is 5.32 Å². The van der Waals surface area contributed by atoms with Gasteiger partial charge in [0.15, 0.2) is 11.5 Å². The van der Waals surface area contributed by atoms with Gasteiger partial charge >= 0.3 is 0 Å². The first-order valence-electron chi connectivity index (χ1n) is 12.2. The number of nitrogens with one attached hydrogen (secondary N) is 1. The number of ketones is 1. The summed E-state index contributed by atoms with van der Waals surface area (Å²) in [4.78, 5) is 55.3. The number of benzene rings is 3. The van der Waals surface area contributed by atoms with E-state index in [1.807, 2.05) is 31.2 Å². The first-order valence-corrected chi connectivity index (χ1v) is 12.2. The highest BCUT2D eigenvalue weighted by Crippen LogP contribution is 2.35. The number of anilines is 2. The van der Waals surface area contributed by atoms with Gasteiger partial charge in [0.25, 0.3) is 11.7 Å². The first kappa shape index (κ1) is 25.0. The molecule has 194 valence electrons. The molecule has 0 radical (unpaired) electrons. The van der Waals surface area contributed by atoms with E-state index in [0.717, 1.165) is 11.1 Å². The summed E-state index contributed by atoms with van der Waals surface area (Å²) in [5.41, 5.74) is 1.61. The monoisotopic (exact) mass is 513 g/mol. The fourth-order valence-electron chi connectivity index (χ4n) is 4.56. The summed E-state index contributed by atoms with van der Waals surface area (Å²) < 4.78 is 10.7. The largest absolute Gasteiger partial charge is 0.454 e. The number of carbonyl (C=O) groups is 4. The van der Waals surface area contributed by atoms with Crippen LogP contribution >= 0.6 is 0 Å². The van der Waals surface area contributed by atoms with E-state index in [1.54, 1.807) is 56.3 Å². The lowest BCUT2D eigenvalue weighted by Gasteiger charge is -2.38. The number of fused-ring (bicyclic) bond motifs is 2. The van der Waals surface area contributed by atoms with Gasteiger partial charge in [0, 0.05) is 18.3 Å². The van der Waals surface area contributed by atoms with Crippen molar-refractivity contribution in [3.05, 3.63) is 83.4 Å². The Labute approximate surface area is 219 Å². The van der Waals surface area contributed by atoms with Crippen molar-refractivity contribution in [2.75, 3.05) is 23.6 Å². The highest BCUT2D eigenvalue weighted by molar-refractivity contribution is 6.52. The number of Topliss-reactive ketones (excluding diaryl/α,β-unsaturated/α-hetero) is 1. The Morgan fingerprint density at radius 3 is 2.47 bits per heavy atom. The van der Waals surface area contributed by atoms with Gasteiger partial charge in [0.05, 0.1) is 11.3 Å². The average Bonchev–Trinajstić information content (AvgIpc) is 3.46. The quantitative estimate of drug-likeness (QED) is 0.483. The number of carbonyl (C=O) groups excluding carboxylic acids is 4. The first-order chi connectivity index (χ1) is 18.2. The maximum absolute atomic E-state index is 13.8. The molecule has 0 saturated heterocycles. The zero-order valence-corrected chi connectivity index (χ0v) is 21.3. The van der Waals surface area contributed by atoms with Crippen LogP contribution in [-0.2, 0) is 20.9 Å². The van der Waals surface area contributed by atoms with Crippen LogP contribution in [0.5, 0.6) is 11.5 Å². The third kappa shape index (κ3) is 4.47. The average molecular weight is 514 g/mol. The van der Waals surface area contributed by atoms with Gasteiger partial charge in [-0.3, -0.25) is 24.1 Å². The Morgan fingerprint density at radius 1 is 0.974 bits per heavy atom. The summed E-state index contributed by atoms with van der Waals surface area (Å²) in [6, 6.07) is 19.2. The van der Waals surface area contributed by atoms with E-state index in [0.29, 0.717) is 22.9 Å². The molecule has 0 saturated carbocycles. The van der Waals surface area contributed by atoms with Crippen molar-refractivity contribution in [2.24, 2.45) is 0 Å². The number of nitrogens with zero attached hydrogens (tertiary/aromatic N) is 2. The van der Waals surface area contributed by atoms with Crippen LogP contribution in [-0.4, -0.2) is 47.3 Å². The minimum Gasteiger partial charge on any atom is -0.454 e. The lowest BCUT2D eigenvalue weighted by atomic mass is 9.98. The zero-order chi connectivity index (χ0) is 27.0. The lowest BCUT2D eigenvalue weighted by Crippen LogP contribution is -2.57. The van der Waals surface area contributed by atoms with Crippen LogP contribution in [0, 0.1) is 6.92 Å². The minimum atomic E-state index is -1.33. The van der Waals surface area contributed by atoms with Crippen LogP contribution in [0.25, 0.3) is 0 Å². The number of rotatable bonds is 7. The number of ether oxygens (including phenoxy) is 2. The van der Waals surface area contributed by atoms with Crippen LogP contribution in [0.15, 0.2) is 66.7 Å². The summed E-state index contributed by atoms with van der Waals surface area (Å²) in [6.07, 6.45) is 0. The van der Waals surface area contributed by atoms with Gasteiger partial charge in [-0.25, -0.2) is 0 Å². The third-order valence-corrected chi connectivity index (χ3v) is 6.92. The Kier molecular flexibility index (Phi) is 6.36. The SMILES string of the molecule is Cc1ccccc1CN(C(=O)CN1C(=O)C(=O)c2ccccc21)C(C)(C)C(=O)Nc1ccc2c(c1)OCO2. The molecular weight excluding hydrogens is 486 g/mol. The van der Waals surface area contributed by atoms with Crippen LogP contribution < -0.4 is 19.7 Å². The number of para-hydroxylation sites is 1. The Bertz CT molecular complexity index is 1460. The predicted molar refractivity (Wildman–Crippen MR) is 140 cm³/mol. The van der Waals surface area contributed by atoms with Gasteiger partial charge in [-0.1, -0.05) is 36.4 Å². The van der Waals surface area contributed by atoms with Crippen LogP contribution in [0.1, 0.15) is 35.3 Å². The number of hydrogen-bond acceptors (Lipinski definition) is 6. The van der Waals surface area contributed by atoms with Crippen molar-refractivity contribution in [3.8, 4) is 11.5 Å². The molecule has 0 bridgehead atoms. The fraction of sp³-hybridized carbons (Fsp3) is 0.241. The molecule has 0 aliphatic carbocycles. The Hall–Kier alpha value is -4.66. The molecule has 0 spiro atoms. The molecular formula is C29H27N3O6. The van der Waals surface area contributed by atoms with Crippen molar-refractivity contribution < 1.29 is 28.7 Å². The predicted octanol–water partition coefficient (Wildman–Crippen LogP) is 3.70. The molecule has 9 nitrogen and oxygen atoms in total. The van der Waals surface area contributed by atoms with E-state index < -0.39 is 29.0 Å². The normalized spacial score (nSPS) is 13.9. The van der Waals surface area contributed by atoms with Crippen LogP contribution in [0.3, 0.4) is 0 Å². The second-order valence-corrected chi connectivity index (χ2v) is 9.73. The fourth-order valence-corrected chi connectivity index (χ4v) is 4.56. The van der Waals surface area contributed by atoms with Gasteiger partial charge in [0.1, 0.15) is 12.1 Å². The third-order valence-electron chi connectivity index (χ3n) is 6.92. The molecule has 2 aliphatic heterocycles. The van der Waals surface area contributed by atoms with Crippen molar-refractivity contribution in [1.29, 1.82) is 0 Å². The number of amides is 3. The van der Waals surface area contributed by atoms with Gasteiger partial charge < -0.3 is 19.7 Å². The Morgan fingerprint density at radius 2 is 1.68 bits per heavy atom. The second kappa shape index (κ2) is 9.66. The summed E-state index contributed by atoms with van der Waals surface area (Å²) in [7, 11) is 0. The maximum Gasteiger partial charge on any atom is 0.299 e. The molecule has 2 aliphatic rings. The van der Waals surface area contributed by atoms with E-state index in [9.17, 15) is 19.2 Å². The minimum absolute atomic E-state index is 0.109. The Balaban J connectivity index is 1.44. The molecule has 3 aromatic carbocycles. The molecule has 0 unspecified atom stereocenters. The van der Waals surface area contributed by atoms with Crippen molar-refractivity contribution >= 4 is 34.9 Å². The smallest absolute Gasteiger partial charge is 0.299 e. The molecule has 2 heterocycles. The van der Waals surface area contributed by atoms with Crippen molar-refractivity contribution in [2.45, 2.75) is 32.9 Å². The van der Waals surface area contributed by atoms with Crippen molar-refractivity contribution in [1.82, 2.24) is 4.90 Å². The molecule has 1 N–H and O–H groups in total. The van der Waals surface area contributed by atoms with Gasteiger partial charge in [0.2, 0.25) is 18.6 Å². The molecule has 9 heteroatoms. The summed E-state index contributed by atoms with van der Waals surface area (Å²) in [5.74, 6) is -1.22. The number of hydrogen-bond donors (Lipinski definition) is 1. The van der Waals surface area contributed by atoms with Gasteiger partial charge in [-0.2, -0.15) is 0 Å². The number of aryl methyl sites for hydroxylation is 1. The lowest BCUT2D eigenvalue weighted by molar-refractivity contribution is -0.143. The molecule has 0 aromatic heterocycles. The van der Waals surface area contributed by atoms with Gasteiger partial charge in [-0.05, 0) is 56.2 Å². The zero-order valence-electron chi connectivity index (χ0n) is 21.3. The maximum atomic E-state index is 13.8. The molecule has 0 fully saturated rings. The second-order valence-electron chi connectivity index (χ2n) is 9.73. The molecule has 3 aromatic rings. The molecule has 5 rings (SSSR count). The highest BCUT2D eigenvalue weighted by Gasteiger charge is 2.42. The highest BCUT2D eigenvalue weighted by atomic mass is 16.7. The molecule has 0 atom stereocenters. The summed E-state index contributed by atoms with van der Waals surface area (Å²) in [5, 5.41) is 2.87. The van der Waals surface area contributed by atoms with Crippen molar-refractivity contribution in [3.63, 3.8) is 0 Å². The van der Waals surface area contributed by atoms with E-state index in [-0.39, 0.29) is 25.4 Å². The molecule has 38 heavy (non-hydrogen) atoms. The van der Waals surface area contributed by atoms with Crippen LogP contribution in [0.2, 0.25) is 0 Å². The summed E-state index contributed by atoms with van der Waals surface area (Å²) >= 11 is 0. The molecule has 3 amide bonds. The van der Waals surface area contributed by atoms with Gasteiger partial charge in [-0.15, -0.1) is 0 Å². The van der Waals surface area contributed by atoms with Crippen LogP contribution in [0.4, 0.5) is 11.4 Å². The van der Waals surface area contributed by atoms with E-state index in [4.69, 9.17) is 9.47 Å². The summed E-state index contributed by atoms with van der Waals surface area (Å²) in [6.45, 7) is 5.08. The van der Waals surface area contributed by atoms with E-state index >= 15 is 0 Å². The topological polar surface area (TPSA) is 105 Å².